The predicted octanol–water partition coefficient (Wildman–Crippen LogP) is 3.90. The number of rotatable bonds is 5. The number of anilines is 2. The molecule has 12 heteroatoms. The van der Waals surface area contributed by atoms with E-state index in [1.165, 1.54) is 29.9 Å². The van der Waals surface area contributed by atoms with Gasteiger partial charge in [-0.2, -0.15) is 18.2 Å². The van der Waals surface area contributed by atoms with Gasteiger partial charge in [0.15, 0.2) is 0 Å². The molecule has 0 bridgehead atoms. The fourth-order valence-corrected chi connectivity index (χ4v) is 4.45. The van der Waals surface area contributed by atoms with E-state index >= 15 is 4.39 Å². The summed E-state index contributed by atoms with van der Waals surface area (Å²) >= 11 is 0. The smallest absolute Gasteiger partial charge is 0.368 e. The van der Waals surface area contributed by atoms with Crippen LogP contribution in [0.2, 0.25) is 0 Å². The van der Waals surface area contributed by atoms with Gasteiger partial charge in [-0.3, -0.25) is 9.36 Å². The molecule has 0 aliphatic rings. The van der Waals surface area contributed by atoms with Crippen molar-refractivity contribution in [3.63, 3.8) is 0 Å². The Balaban J connectivity index is 1.86. The number of pyridine rings is 1. The first kappa shape index (κ1) is 22.6. The van der Waals surface area contributed by atoms with Gasteiger partial charge < -0.3 is 10.5 Å². The minimum Gasteiger partial charge on any atom is -0.368 e. The lowest BCUT2D eigenvalue weighted by Gasteiger charge is -2.15. The molecule has 172 valence electrons. The molecule has 2 aromatic carbocycles. The standard InChI is InChI=1S/C21H17F4N5O2S/c1-30-18-11(10-27-20(26)28-18)8-15(19(30)31)14-9-16(22)17(13-5-3-2-4-12(13)14)29-33(32)7-6-21(23,24)25/h2-5,8-10,29H,6-7H2,1H3,(H2,26,27,28). The number of nitrogens with zero attached hydrogens (tertiary/aromatic N) is 3. The third-order valence-corrected chi connectivity index (χ3v) is 6.05. The monoisotopic (exact) mass is 479 g/mol. The van der Waals surface area contributed by atoms with Crippen LogP contribution in [0.3, 0.4) is 0 Å². The molecule has 1 unspecified atom stereocenters. The van der Waals surface area contributed by atoms with Crippen LogP contribution in [0, 0.1) is 5.82 Å². The molecule has 0 saturated heterocycles. The summed E-state index contributed by atoms with van der Waals surface area (Å²) in [7, 11) is -0.669. The molecule has 7 nitrogen and oxygen atoms in total. The van der Waals surface area contributed by atoms with Gasteiger partial charge in [-0.05, 0) is 23.1 Å². The second kappa shape index (κ2) is 8.43. The molecule has 4 rings (SSSR count). The normalized spacial score (nSPS) is 12.9. The molecule has 3 N–H and O–H groups in total. The first-order valence-electron chi connectivity index (χ1n) is 9.61. The number of nitrogens with one attached hydrogen (secondary N) is 1. The molecule has 0 aliphatic heterocycles. The average Bonchev–Trinajstić information content (AvgIpc) is 2.76. The highest BCUT2D eigenvalue weighted by atomic mass is 32.2. The van der Waals surface area contributed by atoms with Crippen molar-refractivity contribution in [1.82, 2.24) is 14.5 Å². The number of aromatic nitrogens is 3. The van der Waals surface area contributed by atoms with E-state index in [9.17, 15) is 22.2 Å². The summed E-state index contributed by atoms with van der Waals surface area (Å²) in [4.78, 5) is 21.1. The van der Waals surface area contributed by atoms with Crippen LogP contribution in [0.15, 0.2) is 47.4 Å². The average molecular weight is 479 g/mol. The number of aryl methyl sites for hydroxylation is 1. The van der Waals surface area contributed by atoms with Crippen molar-refractivity contribution in [3.05, 3.63) is 58.8 Å². The van der Waals surface area contributed by atoms with Gasteiger partial charge in [-0.25, -0.2) is 13.6 Å². The zero-order valence-electron chi connectivity index (χ0n) is 17.1. The first-order valence-corrected chi connectivity index (χ1v) is 10.9. The molecule has 4 aromatic rings. The maximum absolute atomic E-state index is 15.1. The number of alkyl halides is 3. The number of halogens is 4. The maximum Gasteiger partial charge on any atom is 0.390 e. The third kappa shape index (κ3) is 4.51. The minimum atomic E-state index is -4.48. The molecule has 2 heterocycles. The summed E-state index contributed by atoms with van der Waals surface area (Å²) in [5.74, 6) is -1.59. The molecule has 0 radical (unpaired) electrons. The summed E-state index contributed by atoms with van der Waals surface area (Å²) in [6.07, 6.45) is -4.31. The van der Waals surface area contributed by atoms with Gasteiger partial charge in [-0.15, -0.1) is 0 Å². The number of benzene rings is 2. The van der Waals surface area contributed by atoms with E-state index in [1.807, 2.05) is 0 Å². The lowest BCUT2D eigenvalue weighted by Crippen LogP contribution is -2.20. The van der Waals surface area contributed by atoms with Gasteiger partial charge in [0.05, 0.1) is 17.9 Å². The summed E-state index contributed by atoms with van der Waals surface area (Å²) in [5.41, 5.74) is 5.67. The second-order valence-electron chi connectivity index (χ2n) is 7.27. The molecule has 1 atom stereocenters. The zero-order chi connectivity index (χ0) is 23.9. The van der Waals surface area contributed by atoms with Crippen molar-refractivity contribution in [2.45, 2.75) is 12.6 Å². The van der Waals surface area contributed by atoms with Gasteiger partial charge in [-0.1, -0.05) is 24.3 Å². The SMILES string of the molecule is Cn1c(=O)c(-c2cc(F)c(NS(=O)CCC(F)(F)F)c3ccccc23)cc2cnc(N)nc21. The fourth-order valence-electron chi connectivity index (χ4n) is 3.49. The number of fused-ring (bicyclic) bond motifs is 2. The summed E-state index contributed by atoms with van der Waals surface area (Å²) in [5, 5.41) is 1.21. The molecule has 0 amide bonds. The predicted molar refractivity (Wildman–Crippen MR) is 119 cm³/mol. The number of nitrogens with two attached hydrogens (primary N) is 1. The third-order valence-electron chi connectivity index (χ3n) is 5.04. The van der Waals surface area contributed by atoms with Crippen LogP contribution in [0.5, 0.6) is 0 Å². The first-order chi connectivity index (χ1) is 15.5. The molecule has 0 fully saturated rings. The maximum atomic E-state index is 15.1. The van der Waals surface area contributed by atoms with Crippen LogP contribution in [0.4, 0.5) is 29.2 Å². The van der Waals surface area contributed by atoms with Crippen LogP contribution < -0.4 is 16.0 Å². The van der Waals surface area contributed by atoms with Gasteiger partial charge in [0.25, 0.3) is 5.56 Å². The van der Waals surface area contributed by atoms with E-state index in [0.29, 0.717) is 16.4 Å². The number of hydrogen-bond donors (Lipinski definition) is 2. The number of nitrogen functional groups attached to an aromatic ring is 1. The Morgan fingerprint density at radius 1 is 1.15 bits per heavy atom. The Labute approximate surface area is 186 Å². The van der Waals surface area contributed by atoms with Crippen molar-refractivity contribution in [3.8, 4) is 11.1 Å². The highest BCUT2D eigenvalue weighted by Crippen LogP contribution is 2.35. The van der Waals surface area contributed by atoms with Gasteiger partial charge >= 0.3 is 6.18 Å². The van der Waals surface area contributed by atoms with E-state index in [2.05, 4.69) is 14.7 Å². The Morgan fingerprint density at radius 2 is 1.85 bits per heavy atom. The van der Waals surface area contributed by atoms with Crippen LogP contribution in [0.25, 0.3) is 32.9 Å². The minimum absolute atomic E-state index is 0.00399. The molecule has 33 heavy (non-hydrogen) atoms. The second-order valence-corrected chi connectivity index (χ2v) is 8.58. The summed E-state index contributed by atoms with van der Waals surface area (Å²) < 4.78 is 68.2. The zero-order valence-corrected chi connectivity index (χ0v) is 17.9. The van der Waals surface area contributed by atoms with Gasteiger partial charge in [0.1, 0.15) is 22.5 Å². The van der Waals surface area contributed by atoms with E-state index in [-0.39, 0.29) is 28.1 Å². The van der Waals surface area contributed by atoms with Crippen molar-refractivity contribution in [2.24, 2.45) is 7.05 Å². The molecule has 0 spiro atoms. The quantitative estimate of drug-likeness (QED) is 0.423. The largest absolute Gasteiger partial charge is 0.390 e. The van der Waals surface area contributed by atoms with E-state index in [1.54, 1.807) is 18.2 Å². The van der Waals surface area contributed by atoms with Gasteiger partial charge in [0.2, 0.25) is 5.95 Å². The number of hydrogen-bond acceptors (Lipinski definition) is 5. The van der Waals surface area contributed by atoms with E-state index in [0.717, 1.165) is 6.07 Å². The van der Waals surface area contributed by atoms with Gasteiger partial charge in [0, 0.05) is 29.6 Å². The summed E-state index contributed by atoms with van der Waals surface area (Å²) in [6.45, 7) is 0. The Hall–Kier alpha value is -3.54. The molecular formula is C21H17F4N5O2S. The summed E-state index contributed by atoms with van der Waals surface area (Å²) in [6, 6.07) is 9.05. The molecule has 0 aliphatic carbocycles. The van der Waals surface area contributed by atoms with Crippen LogP contribution >= 0.6 is 0 Å². The Kier molecular flexibility index (Phi) is 5.78. The van der Waals surface area contributed by atoms with Crippen molar-refractivity contribution < 1.29 is 21.8 Å². The highest BCUT2D eigenvalue weighted by Gasteiger charge is 2.28. The highest BCUT2D eigenvalue weighted by molar-refractivity contribution is 7.86. The van der Waals surface area contributed by atoms with Crippen LogP contribution in [-0.4, -0.2) is 30.7 Å². The van der Waals surface area contributed by atoms with E-state index < -0.39 is 40.7 Å². The van der Waals surface area contributed by atoms with Crippen molar-refractivity contribution in [2.75, 3.05) is 16.2 Å². The van der Waals surface area contributed by atoms with Crippen molar-refractivity contribution >= 4 is 44.4 Å². The molecule has 0 saturated carbocycles. The van der Waals surface area contributed by atoms with Crippen molar-refractivity contribution in [1.29, 1.82) is 0 Å². The van der Waals surface area contributed by atoms with Crippen LogP contribution in [-0.2, 0) is 18.0 Å². The molecular weight excluding hydrogens is 462 g/mol. The molecule has 2 aromatic heterocycles. The topological polar surface area (TPSA) is 103 Å². The lowest BCUT2D eigenvalue weighted by atomic mass is 9.97. The Morgan fingerprint density at radius 3 is 2.55 bits per heavy atom. The van der Waals surface area contributed by atoms with Crippen LogP contribution in [0.1, 0.15) is 6.42 Å². The Bertz CT molecular complexity index is 1470. The lowest BCUT2D eigenvalue weighted by molar-refractivity contribution is -0.129. The fraction of sp³-hybridized carbons (Fsp3) is 0.190. The van der Waals surface area contributed by atoms with E-state index in [4.69, 9.17) is 5.73 Å².